The van der Waals surface area contributed by atoms with Gasteiger partial charge in [-0.15, -0.1) is 11.3 Å². The molecule has 0 spiro atoms. The van der Waals surface area contributed by atoms with E-state index in [1.807, 2.05) is 6.07 Å². The topological polar surface area (TPSA) is 21.3 Å². The van der Waals surface area contributed by atoms with E-state index in [-0.39, 0.29) is 5.54 Å². The molecule has 0 radical (unpaired) electrons. The minimum Gasteiger partial charge on any atom is -0.380 e. The monoisotopic (exact) mass is 295 g/mol. The zero-order valence-electron chi connectivity index (χ0n) is 10.5. The Bertz CT molecular complexity index is 347. The molecular formula is C12H19Cl2NOS. The summed E-state index contributed by atoms with van der Waals surface area (Å²) in [5.74, 6) is 0. The zero-order chi connectivity index (χ0) is 12.9. The Morgan fingerprint density at radius 1 is 1.29 bits per heavy atom. The Kier molecular flexibility index (Phi) is 6.24. The van der Waals surface area contributed by atoms with Crippen molar-refractivity contribution in [3.05, 3.63) is 20.3 Å². The third-order valence-electron chi connectivity index (χ3n) is 2.14. The Labute approximate surface area is 117 Å². The maximum atomic E-state index is 6.01. The first-order valence-electron chi connectivity index (χ1n) is 5.65. The van der Waals surface area contributed by atoms with E-state index < -0.39 is 0 Å². The van der Waals surface area contributed by atoms with Crippen LogP contribution in [0.3, 0.4) is 0 Å². The average molecular weight is 296 g/mol. The Balaban J connectivity index is 2.11. The lowest BCUT2D eigenvalue weighted by atomic mass is 10.1. The molecule has 1 aromatic heterocycles. The molecular weight excluding hydrogens is 277 g/mol. The molecule has 2 nitrogen and oxygen atoms in total. The summed E-state index contributed by atoms with van der Waals surface area (Å²) in [4.78, 5) is 0. The number of hydrogen-bond acceptors (Lipinski definition) is 3. The average Bonchev–Trinajstić information content (AvgIpc) is 2.49. The molecule has 17 heavy (non-hydrogen) atoms. The van der Waals surface area contributed by atoms with Gasteiger partial charge < -0.3 is 10.1 Å². The third-order valence-corrected chi connectivity index (χ3v) is 3.71. The lowest BCUT2D eigenvalue weighted by Crippen LogP contribution is -2.38. The van der Waals surface area contributed by atoms with Crippen LogP contribution >= 0.6 is 34.5 Å². The number of thiophene rings is 1. The largest absolute Gasteiger partial charge is 0.380 e. The fourth-order valence-electron chi connectivity index (χ4n) is 1.33. The van der Waals surface area contributed by atoms with Gasteiger partial charge in [0, 0.05) is 12.1 Å². The second kappa shape index (κ2) is 6.95. The van der Waals surface area contributed by atoms with Crippen molar-refractivity contribution in [2.45, 2.75) is 32.7 Å². The lowest BCUT2D eigenvalue weighted by molar-refractivity contribution is 0.134. The molecule has 1 N–H and O–H groups in total. The lowest BCUT2D eigenvalue weighted by Gasteiger charge is -2.20. The van der Waals surface area contributed by atoms with Crippen molar-refractivity contribution in [1.29, 1.82) is 0 Å². The van der Waals surface area contributed by atoms with Crippen LogP contribution in [0.1, 0.15) is 26.3 Å². The number of hydrogen-bond donors (Lipinski definition) is 1. The van der Waals surface area contributed by atoms with Crippen molar-refractivity contribution < 1.29 is 4.74 Å². The van der Waals surface area contributed by atoms with Crippen LogP contribution in [0.25, 0.3) is 0 Å². The smallest absolute Gasteiger partial charge is 0.0977 e. The first kappa shape index (κ1) is 15.3. The van der Waals surface area contributed by atoms with Crippen LogP contribution in [0, 0.1) is 0 Å². The van der Waals surface area contributed by atoms with Gasteiger partial charge in [-0.3, -0.25) is 0 Å². The van der Waals surface area contributed by atoms with Crippen molar-refractivity contribution >= 4 is 34.5 Å². The highest BCUT2D eigenvalue weighted by molar-refractivity contribution is 7.20. The summed E-state index contributed by atoms with van der Waals surface area (Å²) in [5, 5.41) is 3.37. The van der Waals surface area contributed by atoms with Gasteiger partial charge in [0.15, 0.2) is 0 Å². The molecule has 0 bridgehead atoms. The van der Waals surface area contributed by atoms with E-state index in [9.17, 15) is 0 Å². The summed E-state index contributed by atoms with van der Waals surface area (Å²) in [6, 6.07) is 1.91. The Hall–Kier alpha value is 0.200. The SMILES string of the molecule is CC(C)(C)NCCOCCc1cc(Cl)sc1Cl. The summed E-state index contributed by atoms with van der Waals surface area (Å²) >= 11 is 13.3. The quantitative estimate of drug-likeness (QED) is 0.801. The van der Waals surface area contributed by atoms with Crippen LogP contribution < -0.4 is 5.32 Å². The molecule has 0 aliphatic heterocycles. The fourth-order valence-corrected chi connectivity index (χ4v) is 2.87. The molecule has 0 aliphatic carbocycles. The maximum Gasteiger partial charge on any atom is 0.0977 e. The second-order valence-corrected chi connectivity index (χ2v) is 7.17. The van der Waals surface area contributed by atoms with Crippen LogP contribution in [0.5, 0.6) is 0 Å². The van der Waals surface area contributed by atoms with E-state index in [0.717, 1.165) is 27.2 Å². The minimum atomic E-state index is 0.146. The van der Waals surface area contributed by atoms with Gasteiger partial charge in [-0.1, -0.05) is 23.2 Å². The van der Waals surface area contributed by atoms with Gasteiger partial charge in [0.1, 0.15) is 0 Å². The molecule has 1 heterocycles. The van der Waals surface area contributed by atoms with E-state index in [1.54, 1.807) is 0 Å². The fraction of sp³-hybridized carbons (Fsp3) is 0.667. The molecule has 0 unspecified atom stereocenters. The molecule has 0 atom stereocenters. The van der Waals surface area contributed by atoms with Gasteiger partial charge in [-0.05, 0) is 38.8 Å². The highest BCUT2D eigenvalue weighted by Gasteiger charge is 2.08. The molecule has 1 rings (SSSR count). The first-order chi connectivity index (χ1) is 7.88. The van der Waals surface area contributed by atoms with E-state index in [1.165, 1.54) is 11.3 Å². The molecule has 98 valence electrons. The van der Waals surface area contributed by atoms with Crippen molar-refractivity contribution in [3.63, 3.8) is 0 Å². The summed E-state index contributed by atoms with van der Waals surface area (Å²) in [6.45, 7) is 8.67. The van der Waals surface area contributed by atoms with E-state index >= 15 is 0 Å². The molecule has 0 saturated heterocycles. The van der Waals surface area contributed by atoms with Gasteiger partial charge in [0.25, 0.3) is 0 Å². The molecule has 0 amide bonds. The highest BCUT2D eigenvalue weighted by Crippen LogP contribution is 2.31. The Morgan fingerprint density at radius 3 is 2.53 bits per heavy atom. The van der Waals surface area contributed by atoms with Crippen molar-refractivity contribution in [2.75, 3.05) is 19.8 Å². The van der Waals surface area contributed by atoms with Gasteiger partial charge in [-0.2, -0.15) is 0 Å². The van der Waals surface area contributed by atoms with Crippen molar-refractivity contribution in [1.82, 2.24) is 5.32 Å². The Morgan fingerprint density at radius 2 is 2.00 bits per heavy atom. The van der Waals surface area contributed by atoms with Crippen LogP contribution in [0.2, 0.25) is 8.67 Å². The molecule has 0 aliphatic rings. The molecule has 5 heteroatoms. The molecule has 0 saturated carbocycles. The molecule has 0 aromatic carbocycles. The first-order valence-corrected chi connectivity index (χ1v) is 7.22. The minimum absolute atomic E-state index is 0.146. The predicted octanol–water partition coefficient (Wildman–Crippen LogP) is 4.00. The van der Waals surface area contributed by atoms with Gasteiger partial charge >= 0.3 is 0 Å². The number of ether oxygens (including phenoxy) is 1. The van der Waals surface area contributed by atoms with Gasteiger partial charge in [0.05, 0.1) is 21.9 Å². The normalized spacial score (nSPS) is 12.1. The maximum absolute atomic E-state index is 6.01. The zero-order valence-corrected chi connectivity index (χ0v) is 12.8. The van der Waals surface area contributed by atoms with E-state index in [4.69, 9.17) is 27.9 Å². The standard InChI is InChI=1S/C12H19Cl2NOS/c1-12(2,3)15-5-7-16-6-4-9-8-10(13)17-11(9)14/h8,15H,4-7H2,1-3H3. The second-order valence-electron chi connectivity index (χ2n) is 4.89. The van der Waals surface area contributed by atoms with Crippen LogP contribution in [0.4, 0.5) is 0 Å². The van der Waals surface area contributed by atoms with Crippen molar-refractivity contribution in [2.24, 2.45) is 0 Å². The van der Waals surface area contributed by atoms with Crippen LogP contribution in [-0.2, 0) is 11.2 Å². The summed E-state index contributed by atoms with van der Waals surface area (Å²) in [7, 11) is 0. The van der Waals surface area contributed by atoms with Gasteiger partial charge in [0.2, 0.25) is 0 Å². The third kappa shape index (κ3) is 6.63. The number of halogens is 2. The highest BCUT2D eigenvalue weighted by atomic mass is 35.5. The van der Waals surface area contributed by atoms with E-state index in [2.05, 4.69) is 26.1 Å². The summed E-state index contributed by atoms with van der Waals surface area (Å²) in [5.41, 5.74) is 1.22. The van der Waals surface area contributed by atoms with E-state index in [0.29, 0.717) is 13.2 Å². The molecule has 1 aromatic rings. The van der Waals surface area contributed by atoms with Crippen LogP contribution in [-0.4, -0.2) is 25.3 Å². The molecule has 0 fully saturated rings. The summed E-state index contributed by atoms with van der Waals surface area (Å²) in [6.07, 6.45) is 0.817. The van der Waals surface area contributed by atoms with Gasteiger partial charge in [-0.25, -0.2) is 0 Å². The number of nitrogens with one attached hydrogen (secondary N) is 1. The predicted molar refractivity (Wildman–Crippen MR) is 76.6 cm³/mol. The number of rotatable bonds is 6. The summed E-state index contributed by atoms with van der Waals surface area (Å²) < 4.78 is 7.04. The van der Waals surface area contributed by atoms with Crippen LogP contribution in [0.15, 0.2) is 6.07 Å². The van der Waals surface area contributed by atoms with Crippen molar-refractivity contribution in [3.8, 4) is 0 Å².